The van der Waals surface area contributed by atoms with Gasteiger partial charge in [0.25, 0.3) is 0 Å². The van der Waals surface area contributed by atoms with Crippen LogP contribution in [0.4, 0.5) is 5.69 Å². The summed E-state index contributed by atoms with van der Waals surface area (Å²) >= 11 is 0. The van der Waals surface area contributed by atoms with Crippen LogP contribution in [0.1, 0.15) is 25.5 Å². The first kappa shape index (κ1) is 20.0. The molecule has 150 valence electrons. The Morgan fingerprint density at radius 3 is 2.32 bits per heavy atom. The molecule has 28 heavy (non-hydrogen) atoms. The van der Waals surface area contributed by atoms with Crippen molar-refractivity contribution in [3.05, 3.63) is 54.1 Å². The molecule has 0 radical (unpaired) electrons. The molecule has 1 amide bonds. The number of rotatable bonds is 6. The van der Waals surface area contributed by atoms with Crippen molar-refractivity contribution in [3.63, 3.8) is 0 Å². The number of nitrogens with one attached hydrogen (secondary N) is 1. The van der Waals surface area contributed by atoms with Crippen LogP contribution in [0.5, 0.6) is 11.5 Å². The Labute approximate surface area is 165 Å². The first-order valence-corrected chi connectivity index (χ1v) is 10.9. The SMILES string of the molecule is C[C@H](NC(=O)[C@@H](C)N(c1ccccc1)S(C)(=O)=O)c1ccc2c(c1)OCCO2. The van der Waals surface area contributed by atoms with Crippen molar-refractivity contribution < 1.29 is 22.7 Å². The van der Waals surface area contributed by atoms with Gasteiger partial charge in [0.1, 0.15) is 19.3 Å². The molecule has 0 spiro atoms. The lowest BCUT2D eigenvalue weighted by molar-refractivity contribution is -0.122. The third-order valence-electron chi connectivity index (χ3n) is 4.52. The number of nitrogens with zero attached hydrogens (tertiary/aromatic N) is 1. The van der Waals surface area contributed by atoms with E-state index in [1.54, 1.807) is 37.3 Å². The average Bonchev–Trinajstić information content (AvgIpc) is 2.67. The molecule has 3 rings (SSSR count). The van der Waals surface area contributed by atoms with Crippen molar-refractivity contribution in [2.24, 2.45) is 0 Å². The van der Waals surface area contributed by atoms with E-state index in [4.69, 9.17) is 9.47 Å². The topological polar surface area (TPSA) is 84.9 Å². The van der Waals surface area contributed by atoms with Gasteiger partial charge in [0.2, 0.25) is 15.9 Å². The fourth-order valence-corrected chi connectivity index (χ4v) is 4.31. The van der Waals surface area contributed by atoms with E-state index >= 15 is 0 Å². The maximum atomic E-state index is 12.8. The monoisotopic (exact) mass is 404 g/mol. The van der Waals surface area contributed by atoms with Crippen LogP contribution in [0.15, 0.2) is 48.5 Å². The van der Waals surface area contributed by atoms with Gasteiger partial charge in [-0.15, -0.1) is 0 Å². The lowest BCUT2D eigenvalue weighted by Gasteiger charge is -2.29. The quantitative estimate of drug-likeness (QED) is 0.800. The summed E-state index contributed by atoms with van der Waals surface area (Å²) in [6.45, 7) is 4.40. The third kappa shape index (κ3) is 4.39. The van der Waals surface area contributed by atoms with Gasteiger partial charge in [0, 0.05) is 0 Å². The maximum Gasteiger partial charge on any atom is 0.244 e. The standard InChI is InChI=1S/C20H24N2O5S/c1-14(16-9-10-18-19(13-16)27-12-11-26-18)21-20(23)15(2)22(28(3,24)25)17-7-5-4-6-8-17/h4-10,13-15H,11-12H2,1-3H3,(H,21,23)/t14-,15+/m0/s1. The number of amides is 1. The number of hydrogen-bond acceptors (Lipinski definition) is 5. The van der Waals surface area contributed by atoms with Gasteiger partial charge >= 0.3 is 0 Å². The highest BCUT2D eigenvalue weighted by molar-refractivity contribution is 7.92. The van der Waals surface area contributed by atoms with E-state index in [-0.39, 0.29) is 6.04 Å². The number of benzene rings is 2. The van der Waals surface area contributed by atoms with E-state index in [0.717, 1.165) is 16.1 Å². The molecule has 0 fully saturated rings. The molecule has 7 nitrogen and oxygen atoms in total. The molecule has 0 aliphatic carbocycles. The van der Waals surface area contributed by atoms with E-state index in [2.05, 4.69) is 5.32 Å². The van der Waals surface area contributed by atoms with Crippen LogP contribution < -0.4 is 19.1 Å². The molecule has 1 aliphatic rings. The zero-order valence-electron chi connectivity index (χ0n) is 16.1. The number of sulfonamides is 1. The minimum Gasteiger partial charge on any atom is -0.486 e. The molecule has 8 heteroatoms. The van der Waals surface area contributed by atoms with Gasteiger partial charge in [-0.3, -0.25) is 9.10 Å². The lowest BCUT2D eigenvalue weighted by atomic mass is 10.1. The number of hydrogen-bond donors (Lipinski definition) is 1. The van der Waals surface area contributed by atoms with Gasteiger partial charge < -0.3 is 14.8 Å². The number of ether oxygens (including phenoxy) is 2. The Hall–Kier alpha value is -2.74. The van der Waals surface area contributed by atoms with E-state index in [1.165, 1.54) is 0 Å². The van der Waals surface area contributed by atoms with E-state index in [9.17, 15) is 13.2 Å². The summed E-state index contributed by atoms with van der Waals surface area (Å²) in [6.07, 6.45) is 1.09. The summed E-state index contributed by atoms with van der Waals surface area (Å²) in [6, 6.07) is 12.8. The predicted molar refractivity (Wildman–Crippen MR) is 107 cm³/mol. The van der Waals surface area contributed by atoms with Crippen LogP contribution in [0.25, 0.3) is 0 Å². The van der Waals surface area contributed by atoms with E-state index in [0.29, 0.717) is 30.4 Å². The minimum absolute atomic E-state index is 0.331. The normalized spacial score (nSPS) is 15.4. The first-order chi connectivity index (χ1) is 13.3. The van der Waals surface area contributed by atoms with Gasteiger partial charge in [-0.25, -0.2) is 8.42 Å². The van der Waals surface area contributed by atoms with Gasteiger partial charge in [0.05, 0.1) is 18.0 Å². The Morgan fingerprint density at radius 2 is 1.68 bits per heavy atom. The molecule has 0 saturated carbocycles. The second-order valence-electron chi connectivity index (χ2n) is 6.70. The van der Waals surface area contributed by atoms with Gasteiger partial charge in [0.15, 0.2) is 11.5 Å². The predicted octanol–water partition coefficient (Wildman–Crippen LogP) is 2.49. The van der Waals surface area contributed by atoms with E-state index < -0.39 is 22.0 Å². The second-order valence-corrected chi connectivity index (χ2v) is 8.56. The van der Waals surface area contributed by atoms with Crippen LogP contribution in [0.2, 0.25) is 0 Å². The third-order valence-corrected chi connectivity index (χ3v) is 5.77. The van der Waals surface area contributed by atoms with Crippen molar-refractivity contribution in [1.29, 1.82) is 0 Å². The zero-order valence-corrected chi connectivity index (χ0v) is 16.9. The van der Waals surface area contributed by atoms with Crippen molar-refractivity contribution >= 4 is 21.6 Å². The molecule has 1 heterocycles. The summed E-state index contributed by atoms with van der Waals surface area (Å²) in [5.74, 6) is 0.922. The molecule has 0 aromatic heterocycles. The van der Waals surface area contributed by atoms with Gasteiger partial charge in [-0.05, 0) is 43.7 Å². The maximum absolute atomic E-state index is 12.8. The summed E-state index contributed by atoms with van der Waals surface area (Å²) in [5.41, 5.74) is 1.29. The molecule has 0 unspecified atom stereocenters. The largest absolute Gasteiger partial charge is 0.486 e. The van der Waals surface area contributed by atoms with Gasteiger partial charge in [-0.2, -0.15) is 0 Å². The molecular formula is C20H24N2O5S. The summed E-state index contributed by atoms with van der Waals surface area (Å²) < 4.78 is 36.8. The fourth-order valence-electron chi connectivity index (χ4n) is 3.13. The number of fused-ring (bicyclic) bond motifs is 1. The fraction of sp³-hybridized carbons (Fsp3) is 0.350. The first-order valence-electron chi connectivity index (χ1n) is 9.02. The van der Waals surface area contributed by atoms with Crippen molar-refractivity contribution in [3.8, 4) is 11.5 Å². The van der Waals surface area contributed by atoms with Crippen LogP contribution in [0, 0.1) is 0 Å². The molecule has 2 aromatic rings. The number of carbonyl (C=O) groups is 1. The Balaban J connectivity index is 1.77. The number of para-hydroxylation sites is 1. The molecule has 1 N–H and O–H groups in total. The highest BCUT2D eigenvalue weighted by atomic mass is 32.2. The Bertz CT molecular complexity index is 946. The number of carbonyl (C=O) groups excluding carboxylic acids is 1. The smallest absolute Gasteiger partial charge is 0.244 e. The van der Waals surface area contributed by atoms with Crippen LogP contribution >= 0.6 is 0 Å². The highest BCUT2D eigenvalue weighted by Gasteiger charge is 2.30. The molecular weight excluding hydrogens is 380 g/mol. The van der Waals surface area contributed by atoms with Crippen LogP contribution in [0.3, 0.4) is 0 Å². The van der Waals surface area contributed by atoms with Crippen molar-refractivity contribution in [2.75, 3.05) is 23.8 Å². The van der Waals surface area contributed by atoms with E-state index in [1.807, 2.05) is 25.1 Å². The average molecular weight is 404 g/mol. The second kappa shape index (κ2) is 8.10. The highest BCUT2D eigenvalue weighted by Crippen LogP contribution is 2.32. The Morgan fingerprint density at radius 1 is 1.04 bits per heavy atom. The van der Waals surface area contributed by atoms with Crippen LogP contribution in [-0.4, -0.2) is 39.8 Å². The summed E-state index contributed by atoms with van der Waals surface area (Å²) in [7, 11) is -3.64. The van der Waals surface area contributed by atoms with Gasteiger partial charge in [-0.1, -0.05) is 24.3 Å². The molecule has 2 aromatic carbocycles. The summed E-state index contributed by atoms with van der Waals surface area (Å²) in [5, 5.41) is 2.88. The lowest BCUT2D eigenvalue weighted by Crippen LogP contribution is -2.48. The summed E-state index contributed by atoms with van der Waals surface area (Å²) in [4.78, 5) is 12.8. The molecule has 0 bridgehead atoms. The number of anilines is 1. The van der Waals surface area contributed by atoms with Crippen LogP contribution in [-0.2, 0) is 14.8 Å². The molecule has 1 aliphatic heterocycles. The molecule has 2 atom stereocenters. The molecule has 0 saturated heterocycles. The Kier molecular flexibility index (Phi) is 5.79. The van der Waals surface area contributed by atoms with Crippen molar-refractivity contribution in [2.45, 2.75) is 25.9 Å². The van der Waals surface area contributed by atoms with Crippen molar-refractivity contribution in [1.82, 2.24) is 5.32 Å². The zero-order chi connectivity index (χ0) is 20.3. The minimum atomic E-state index is -3.64.